The molecule has 2 fully saturated rings. The maximum Gasteiger partial charge on any atom is 0.112 e. The van der Waals surface area contributed by atoms with E-state index >= 15 is 0 Å². The zero-order valence-corrected chi connectivity index (χ0v) is 9.75. The van der Waals surface area contributed by atoms with Crippen LogP contribution in [0.15, 0.2) is 30.3 Å². The highest BCUT2D eigenvalue weighted by atomic mass is 16.5. The lowest BCUT2D eigenvalue weighted by molar-refractivity contribution is -0.0121. The maximum atomic E-state index is 9.26. The van der Waals surface area contributed by atoms with Gasteiger partial charge in [-0.15, -0.1) is 0 Å². The number of piperidine rings is 1. The van der Waals surface area contributed by atoms with Crippen molar-refractivity contribution in [3.63, 3.8) is 0 Å². The fourth-order valence-corrected chi connectivity index (χ4v) is 2.94. The van der Waals surface area contributed by atoms with Crippen molar-refractivity contribution in [1.29, 1.82) is 5.26 Å². The first-order chi connectivity index (χ1) is 8.40. The molecular weight excluding hydrogens is 212 g/mol. The Bertz CT molecular complexity index is 426. The summed E-state index contributed by atoms with van der Waals surface area (Å²) in [6.45, 7) is 0.715. The van der Waals surface area contributed by atoms with Crippen molar-refractivity contribution in [2.45, 2.75) is 37.6 Å². The Hall–Kier alpha value is -1.37. The standard InChI is InChI=1S/C14H16N2O/c15-9-12-7-4-8-14-16(12)13(10-17-14)11-5-2-1-3-6-11/h1-3,5-6,12-14H,4,7-8,10H2/t12-,13-,14?/m1/s1. The molecule has 0 aliphatic carbocycles. The number of ether oxygens (including phenoxy) is 1. The first-order valence-corrected chi connectivity index (χ1v) is 6.24. The van der Waals surface area contributed by atoms with E-state index < -0.39 is 0 Å². The number of hydrogen-bond acceptors (Lipinski definition) is 3. The third-order valence-corrected chi connectivity index (χ3v) is 3.76. The first-order valence-electron chi connectivity index (χ1n) is 6.24. The number of nitrogens with zero attached hydrogens (tertiary/aromatic N) is 2. The lowest BCUT2D eigenvalue weighted by Gasteiger charge is -2.35. The van der Waals surface area contributed by atoms with Gasteiger partial charge in [0.05, 0.1) is 18.7 Å². The summed E-state index contributed by atoms with van der Waals surface area (Å²) in [6.07, 6.45) is 3.28. The summed E-state index contributed by atoms with van der Waals surface area (Å²) in [5, 5.41) is 9.26. The Morgan fingerprint density at radius 3 is 2.82 bits per heavy atom. The molecule has 0 bridgehead atoms. The van der Waals surface area contributed by atoms with Gasteiger partial charge in [0.15, 0.2) is 0 Å². The minimum absolute atomic E-state index is 0.0152. The van der Waals surface area contributed by atoms with Crippen LogP contribution in [0.2, 0.25) is 0 Å². The number of benzene rings is 1. The first kappa shape index (κ1) is 10.8. The van der Waals surface area contributed by atoms with Crippen molar-refractivity contribution in [2.75, 3.05) is 6.61 Å². The lowest BCUT2D eigenvalue weighted by atomic mass is 9.98. The molecule has 1 aromatic carbocycles. The van der Waals surface area contributed by atoms with Crippen LogP contribution in [-0.2, 0) is 4.74 Å². The molecule has 0 radical (unpaired) electrons. The monoisotopic (exact) mass is 228 g/mol. The van der Waals surface area contributed by atoms with Gasteiger partial charge in [0.2, 0.25) is 0 Å². The molecule has 1 aromatic rings. The lowest BCUT2D eigenvalue weighted by Crippen LogP contribution is -2.43. The summed E-state index contributed by atoms with van der Waals surface area (Å²) >= 11 is 0. The second-order valence-corrected chi connectivity index (χ2v) is 4.74. The van der Waals surface area contributed by atoms with E-state index in [0.717, 1.165) is 19.3 Å². The number of rotatable bonds is 1. The van der Waals surface area contributed by atoms with Crippen LogP contribution in [0.4, 0.5) is 0 Å². The second kappa shape index (κ2) is 4.48. The van der Waals surface area contributed by atoms with Crippen molar-refractivity contribution in [2.24, 2.45) is 0 Å². The Balaban J connectivity index is 1.89. The van der Waals surface area contributed by atoms with E-state index in [1.54, 1.807) is 0 Å². The Morgan fingerprint density at radius 1 is 1.24 bits per heavy atom. The predicted octanol–water partition coefficient (Wildman–Crippen LogP) is 2.46. The third kappa shape index (κ3) is 1.84. The minimum Gasteiger partial charge on any atom is -0.361 e. The predicted molar refractivity (Wildman–Crippen MR) is 64.0 cm³/mol. The fraction of sp³-hybridized carbons (Fsp3) is 0.500. The molecule has 3 nitrogen and oxygen atoms in total. The fourth-order valence-electron chi connectivity index (χ4n) is 2.94. The van der Waals surface area contributed by atoms with Crippen LogP contribution >= 0.6 is 0 Å². The van der Waals surface area contributed by atoms with Gasteiger partial charge in [-0.25, -0.2) is 0 Å². The Labute approximate surface area is 102 Å². The summed E-state index contributed by atoms with van der Waals surface area (Å²) in [4.78, 5) is 2.26. The van der Waals surface area contributed by atoms with Crippen LogP contribution in [0.5, 0.6) is 0 Å². The highest BCUT2D eigenvalue weighted by Crippen LogP contribution is 2.38. The average Bonchev–Trinajstić information content (AvgIpc) is 2.83. The molecule has 2 aliphatic rings. The van der Waals surface area contributed by atoms with Crippen LogP contribution in [0.25, 0.3) is 0 Å². The smallest absolute Gasteiger partial charge is 0.112 e. The normalized spacial score (nSPS) is 33.0. The van der Waals surface area contributed by atoms with Crippen LogP contribution in [0, 0.1) is 11.3 Å². The van der Waals surface area contributed by atoms with Crippen LogP contribution in [0.1, 0.15) is 30.9 Å². The average molecular weight is 228 g/mol. The SMILES string of the molecule is N#C[C@H]1CCCC2OC[C@H](c3ccccc3)N21. The molecule has 2 saturated heterocycles. The number of nitriles is 1. The summed E-state index contributed by atoms with van der Waals surface area (Å²) in [5.74, 6) is 0. The van der Waals surface area contributed by atoms with E-state index in [0.29, 0.717) is 6.61 Å². The molecular formula is C14H16N2O. The Morgan fingerprint density at radius 2 is 2.06 bits per heavy atom. The topological polar surface area (TPSA) is 36.3 Å². The van der Waals surface area contributed by atoms with Gasteiger partial charge in [0.1, 0.15) is 12.3 Å². The highest BCUT2D eigenvalue weighted by Gasteiger charge is 2.42. The third-order valence-electron chi connectivity index (χ3n) is 3.76. The van der Waals surface area contributed by atoms with E-state index in [4.69, 9.17) is 4.74 Å². The van der Waals surface area contributed by atoms with Crippen molar-refractivity contribution in [3.05, 3.63) is 35.9 Å². The summed E-state index contributed by atoms with van der Waals surface area (Å²) in [5.41, 5.74) is 1.26. The molecule has 0 spiro atoms. The van der Waals surface area contributed by atoms with E-state index in [1.165, 1.54) is 5.56 Å². The summed E-state index contributed by atoms with van der Waals surface area (Å²) < 4.78 is 5.83. The van der Waals surface area contributed by atoms with Crippen LogP contribution in [-0.4, -0.2) is 23.8 Å². The van der Waals surface area contributed by atoms with Gasteiger partial charge in [0, 0.05) is 0 Å². The van der Waals surface area contributed by atoms with Gasteiger partial charge in [-0.2, -0.15) is 5.26 Å². The molecule has 3 atom stereocenters. The second-order valence-electron chi connectivity index (χ2n) is 4.74. The molecule has 0 saturated carbocycles. The molecule has 3 rings (SSSR count). The van der Waals surface area contributed by atoms with Gasteiger partial charge >= 0.3 is 0 Å². The van der Waals surface area contributed by atoms with Crippen molar-refractivity contribution >= 4 is 0 Å². The van der Waals surface area contributed by atoms with Gasteiger partial charge in [-0.3, -0.25) is 4.90 Å². The van der Waals surface area contributed by atoms with E-state index in [9.17, 15) is 5.26 Å². The zero-order chi connectivity index (χ0) is 11.7. The molecule has 1 unspecified atom stereocenters. The maximum absolute atomic E-state index is 9.26. The van der Waals surface area contributed by atoms with Crippen LogP contribution < -0.4 is 0 Å². The largest absolute Gasteiger partial charge is 0.361 e. The molecule has 2 aliphatic heterocycles. The van der Waals surface area contributed by atoms with Gasteiger partial charge in [-0.1, -0.05) is 30.3 Å². The molecule has 2 heterocycles. The van der Waals surface area contributed by atoms with Gasteiger partial charge in [0.25, 0.3) is 0 Å². The molecule has 0 N–H and O–H groups in total. The van der Waals surface area contributed by atoms with Crippen molar-refractivity contribution in [1.82, 2.24) is 4.90 Å². The number of hydrogen-bond donors (Lipinski definition) is 0. The van der Waals surface area contributed by atoms with E-state index in [2.05, 4.69) is 23.1 Å². The molecule has 3 heteroatoms. The zero-order valence-electron chi connectivity index (χ0n) is 9.75. The van der Waals surface area contributed by atoms with Crippen molar-refractivity contribution in [3.8, 4) is 6.07 Å². The molecule has 88 valence electrons. The molecule has 0 aromatic heterocycles. The van der Waals surface area contributed by atoms with E-state index in [-0.39, 0.29) is 18.3 Å². The van der Waals surface area contributed by atoms with Gasteiger partial charge < -0.3 is 4.74 Å². The molecule has 0 amide bonds. The highest BCUT2D eigenvalue weighted by molar-refractivity contribution is 5.21. The minimum atomic E-state index is 0.0152. The quantitative estimate of drug-likeness (QED) is 0.740. The molecule has 17 heavy (non-hydrogen) atoms. The van der Waals surface area contributed by atoms with E-state index in [1.807, 2.05) is 18.2 Å². The Kier molecular flexibility index (Phi) is 2.84. The summed E-state index contributed by atoms with van der Waals surface area (Å²) in [7, 11) is 0. The number of fused-ring (bicyclic) bond motifs is 1. The van der Waals surface area contributed by atoms with Crippen molar-refractivity contribution < 1.29 is 4.74 Å². The summed E-state index contributed by atoms with van der Waals surface area (Å²) in [6, 6.07) is 13.1. The van der Waals surface area contributed by atoms with Gasteiger partial charge in [-0.05, 0) is 24.8 Å². The van der Waals surface area contributed by atoms with Crippen LogP contribution in [0.3, 0.4) is 0 Å².